The van der Waals surface area contributed by atoms with E-state index in [1.54, 1.807) is 6.92 Å². The monoisotopic (exact) mass is 417 g/mol. The fourth-order valence-electron chi connectivity index (χ4n) is 1.80. The minimum absolute atomic E-state index is 0. The van der Waals surface area contributed by atoms with E-state index in [1.807, 2.05) is 0 Å². The van der Waals surface area contributed by atoms with Crippen molar-refractivity contribution in [1.82, 2.24) is 4.57 Å². The van der Waals surface area contributed by atoms with Crippen molar-refractivity contribution in [2.24, 2.45) is 0 Å². The van der Waals surface area contributed by atoms with Gasteiger partial charge in [-0.2, -0.15) is 12.1 Å². The van der Waals surface area contributed by atoms with Gasteiger partial charge in [0, 0.05) is 51.4 Å². The van der Waals surface area contributed by atoms with Gasteiger partial charge in [0.15, 0.2) is 0 Å². The number of hydrogen-bond acceptors (Lipinski definition) is 2. The van der Waals surface area contributed by atoms with Crippen LogP contribution in [0.1, 0.15) is 6.92 Å². The van der Waals surface area contributed by atoms with Crippen LogP contribution in [0.2, 0.25) is 0 Å². The van der Waals surface area contributed by atoms with E-state index in [-0.39, 0.29) is 55.0 Å². The molecule has 3 nitrogen and oxygen atoms in total. The van der Waals surface area contributed by atoms with E-state index in [4.69, 9.17) is 5.11 Å². The Bertz CT molecular complexity index is 680. The van der Waals surface area contributed by atoms with Gasteiger partial charge in [-0.15, -0.1) is 15.9 Å². The van der Waals surface area contributed by atoms with Crippen LogP contribution in [0.15, 0.2) is 27.5 Å². The van der Waals surface area contributed by atoms with Gasteiger partial charge in [-0.3, -0.25) is 4.79 Å². The topological polar surface area (TPSA) is 42.2 Å². The van der Waals surface area contributed by atoms with Crippen molar-refractivity contribution in [3.63, 3.8) is 0 Å². The molecule has 0 atom stereocenters. The largest absolute Gasteiger partial charge is 0.508 e. The van der Waals surface area contributed by atoms with Crippen LogP contribution in [0.25, 0.3) is 11.3 Å². The third-order valence-electron chi connectivity index (χ3n) is 2.63. The van der Waals surface area contributed by atoms with Gasteiger partial charge in [0.25, 0.3) is 0 Å². The predicted molar refractivity (Wildman–Crippen MR) is 69.9 cm³/mol. The number of pyridine rings is 1. The van der Waals surface area contributed by atoms with E-state index in [1.165, 1.54) is 10.6 Å². The molecule has 0 bridgehead atoms. The molecule has 0 fully saturated rings. The van der Waals surface area contributed by atoms with Crippen LogP contribution >= 0.6 is 15.9 Å². The van der Waals surface area contributed by atoms with Crippen molar-refractivity contribution < 1.29 is 46.6 Å². The average molecular weight is 418 g/mol. The summed E-state index contributed by atoms with van der Waals surface area (Å²) >= 11 is 3.05. The molecule has 1 radical (unpaired) electrons. The molecule has 0 aliphatic rings. The summed E-state index contributed by atoms with van der Waals surface area (Å²) in [5, 5.41) is 9.12. The van der Waals surface area contributed by atoms with Crippen LogP contribution < -0.4 is 5.56 Å². The number of aromatic nitrogens is 1. The molecule has 2 rings (SSSR count). The number of halogens is 3. The van der Waals surface area contributed by atoms with Crippen molar-refractivity contribution in [2.45, 2.75) is 13.5 Å². The fourth-order valence-corrected chi connectivity index (χ4v) is 2.13. The first-order chi connectivity index (χ1) is 8.95. The molecule has 0 aliphatic heterocycles. The molecule has 1 heterocycles. The quantitative estimate of drug-likeness (QED) is 0.763. The molecular weight excluding hydrogens is 409 g/mol. The number of phenolic OH excluding ortho intramolecular Hbond substituents is 1. The zero-order valence-electron chi connectivity index (χ0n) is 10.5. The smallest absolute Gasteiger partial charge is 0.208 e. The van der Waals surface area contributed by atoms with Crippen molar-refractivity contribution in [2.75, 3.05) is 0 Å². The van der Waals surface area contributed by atoms with Crippen LogP contribution in [0.4, 0.5) is 8.78 Å². The van der Waals surface area contributed by atoms with Crippen LogP contribution in [0.5, 0.6) is 5.75 Å². The Hall–Kier alpha value is -0.586. The maximum Gasteiger partial charge on any atom is 0.208 e. The summed E-state index contributed by atoms with van der Waals surface area (Å²) < 4.78 is 29.1. The van der Waals surface area contributed by atoms with Crippen molar-refractivity contribution in [3.8, 4) is 17.0 Å². The summed E-state index contributed by atoms with van der Waals surface area (Å²) in [5.74, 6) is -2.41. The summed E-state index contributed by atoms with van der Waals surface area (Å²) in [6.45, 7) is 1.92. The molecule has 0 saturated heterocycles. The van der Waals surface area contributed by atoms with E-state index in [2.05, 4.69) is 22.0 Å². The molecule has 1 aromatic carbocycles. The summed E-state index contributed by atoms with van der Waals surface area (Å²) in [5.41, 5.74) is -0.780. The SMILES string of the molecule is CCn1c(-c2c(F)cc(O)cc2F)[c-]cc(Br)c1=O.[Y]. The molecule has 7 heteroatoms. The van der Waals surface area contributed by atoms with Gasteiger partial charge in [-0.05, 0) is 17.0 Å². The zero-order valence-corrected chi connectivity index (χ0v) is 14.9. The number of nitrogens with zero attached hydrogens (tertiary/aromatic N) is 1. The molecule has 0 unspecified atom stereocenters. The standard InChI is InChI=1S/C13H9BrF2NO2.Y/c1-2-17-11(4-3-8(14)13(17)19)12-9(15)5-7(18)6-10(12)16;/h3,5-6,18H,2H2,1H3;/q-1;. The van der Waals surface area contributed by atoms with E-state index in [0.717, 1.165) is 12.1 Å². The Labute approximate surface area is 147 Å². The van der Waals surface area contributed by atoms with Crippen LogP contribution in [0, 0.1) is 17.7 Å². The summed E-state index contributed by atoms with van der Waals surface area (Å²) in [6, 6.07) is 5.56. The molecule has 0 spiro atoms. The second kappa shape index (κ2) is 6.92. The van der Waals surface area contributed by atoms with Crippen LogP contribution in [-0.4, -0.2) is 9.67 Å². The Morgan fingerprint density at radius 1 is 1.35 bits per heavy atom. The second-order valence-corrected chi connectivity index (χ2v) is 4.67. The van der Waals surface area contributed by atoms with Crippen molar-refractivity contribution >= 4 is 15.9 Å². The van der Waals surface area contributed by atoms with Crippen LogP contribution in [-0.2, 0) is 39.3 Å². The summed E-state index contributed by atoms with van der Waals surface area (Å²) in [6.07, 6.45) is 0. The molecule has 103 valence electrons. The number of benzene rings is 1. The minimum Gasteiger partial charge on any atom is -0.508 e. The van der Waals surface area contributed by atoms with Gasteiger partial charge in [0.2, 0.25) is 5.56 Å². The van der Waals surface area contributed by atoms with Gasteiger partial charge in [0.1, 0.15) is 5.75 Å². The average Bonchev–Trinajstić information content (AvgIpc) is 2.32. The normalized spacial score (nSPS) is 10.2. The van der Waals surface area contributed by atoms with Gasteiger partial charge >= 0.3 is 0 Å². The van der Waals surface area contributed by atoms with Gasteiger partial charge in [-0.1, -0.05) is 5.69 Å². The summed E-state index contributed by atoms with van der Waals surface area (Å²) in [4.78, 5) is 11.9. The predicted octanol–water partition coefficient (Wildman–Crippen LogP) is 3.08. The van der Waals surface area contributed by atoms with E-state index < -0.39 is 22.9 Å². The molecule has 0 aliphatic carbocycles. The zero-order chi connectivity index (χ0) is 14.2. The number of aromatic hydroxyl groups is 1. The first kappa shape index (κ1) is 17.5. The van der Waals surface area contributed by atoms with E-state index in [0.29, 0.717) is 0 Å². The summed E-state index contributed by atoms with van der Waals surface area (Å²) in [7, 11) is 0. The molecule has 0 saturated carbocycles. The van der Waals surface area contributed by atoms with Crippen molar-refractivity contribution in [1.29, 1.82) is 0 Å². The van der Waals surface area contributed by atoms with Gasteiger partial charge < -0.3 is 9.67 Å². The molecule has 20 heavy (non-hydrogen) atoms. The fraction of sp³-hybridized carbons (Fsp3) is 0.154. The van der Waals surface area contributed by atoms with E-state index >= 15 is 0 Å². The molecule has 0 amide bonds. The molecular formula is C13H9BrF2NO2Y-. The molecule has 1 N–H and O–H groups in total. The first-order valence-corrected chi connectivity index (χ1v) is 6.24. The third-order valence-corrected chi connectivity index (χ3v) is 3.20. The van der Waals surface area contributed by atoms with Gasteiger partial charge in [-0.25, -0.2) is 8.78 Å². The van der Waals surface area contributed by atoms with E-state index in [9.17, 15) is 13.6 Å². The Morgan fingerprint density at radius 2 is 1.90 bits per heavy atom. The molecule has 2 aromatic rings. The molecule has 1 aromatic heterocycles. The van der Waals surface area contributed by atoms with Gasteiger partial charge in [0.05, 0.1) is 11.6 Å². The van der Waals surface area contributed by atoms with Crippen LogP contribution in [0.3, 0.4) is 0 Å². The number of phenols is 1. The number of hydrogen-bond donors (Lipinski definition) is 1. The number of rotatable bonds is 2. The maximum atomic E-state index is 13.8. The maximum absolute atomic E-state index is 13.8. The Balaban J connectivity index is 0.00000200. The van der Waals surface area contributed by atoms with Crippen molar-refractivity contribution in [3.05, 3.63) is 50.7 Å². The Morgan fingerprint density at radius 3 is 2.40 bits per heavy atom. The minimum atomic E-state index is -0.947. The second-order valence-electron chi connectivity index (χ2n) is 3.82. The first-order valence-electron chi connectivity index (χ1n) is 5.45. The third kappa shape index (κ3) is 3.18. The Kier molecular flexibility index (Phi) is 6.04.